The maximum atomic E-state index is 13.5. The lowest BCUT2D eigenvalue weighted by Gasteiger charge is -2.31. The van der Waals surface area contributed by atoms with Crippen LogP contribution in [0.1, 0.15) is 36.7 Å². The summed E-state index contributed by atoms with van der Waals surface area (Å²) in [4.78, 5) is 42.5. The molecule has 3 aromatic rings. The highest BCUT2D eigenvalue weighted by Crippen LogP contribution is 2.37. The third-order valence-corrected chi connectivity index (χ3v) is 6.06. The first kappa shape index (κ1) is 22.8. The van der Waals surface area contributed by atoms with Crippen molar-refractivity contribution in [1.29, 1.82) is 0 Å². The van der Waals surface area contributed by atoms with Gasteiger partial charge in [-0.1, -0.05) is 48.0 Å². The number of carbonyl (C=O) groups excluding carboxylic acids is 3. The number of nitrogens with one attached hydrogen (secondary N) is 1. The minimum absolute atomic E-state index is 0.0558. The number of amides is 3. The van der Waals surface area contributed by atoms with Crippen molar-refractivity contribution in [2.45, 2.75) is 39.4 Å². The van der Waals surface area contributed by atoms with Crippen LogP contribution in [-0.4, -0.2) is 41.2 Å². The van der Waals surface area contributed by atoms with Gasteiger partial charge in [-0.05, 0) is 56.0 Å². The fourth-order valence-corrected chi connectivity index (χ4v) is 4.26. The van der Waals surface area contributed by atoms with Crippen LogP contribution < -0.4 is 10.2 Å². The molecular formula is C26H26ClN3O3. The zero-order chi connectivity index (χ0) is 23.7. The lowest BCUT2D eigenvalue weighted by atomic mass is 10.1. The topological polar surface area (TPSA) is 69.7 Å². The van der Waals surface area contributed by atoms with Crippen LogP contribution in [-0.2, 0) is 16.1 Å². The molecule has 7 heteroatoms. The van der Waals surface area contributed by atoms with Crippen molar-refractivity contribution >= 4 is 45.8 Å². The number of hydrogen-bond acceptors (Lipinski definition) is 3. The molecule has 3 aromatic carbocycles. The quantitative estimate of drug-likeness (QED) is 0.564. The average Bonchev–Trinajstić information content (AvgIpc) is 3.05. The molecule has 0 fully saturated rings. The van der Waals surface area contributed by atoms with Gasteiger partial charge in [0.1, 0.15) is 12.6 Å². The number of carbonyl (C=O) groups is 3. The van der Waals surface area contributed by atoms with Crippen LogP contribution in [0, 0.1) is 0 Å². The van der Waals surface area contributed by atoms with Gasteiger partial charge in [-0.15, -0.1) is 0 Å². The predicted octanol–water partition coefficient (Wildman–Crippen LogP) is 4.40. The molecule has 1 aliphatic heterocycles. The van der Waals surface area contributed by atoms with Crippen molar-refractivity contribution in [1.82, 2.24) is 10.2 Å². The van der Waals surface area contributed by atoms with Gasteiger partial charge in [0, 0.05) is 28.6 Å². The van der Waals surface area contributed by atoms with Crippen molar-refractivity contribution in [3.8, 4) is 0 Å². The number of rotatable bonds is 7. The second kappa shape index (κ2) is 9.24. The van der Waals surface area contributed by atoms with Gasteiger partial charge in [-0.2, -0.15) is 0 Å². The zero-order valence-electron chi connectivity index (χ0n) is 18.8. The van der Waals surface area contributed by atoms with Crippen LogP contribution in [0.3, 0.4) is 0 Å². The summed E-state index contributed by atoms with van der Waals surface area (Å²) in [5.74, 6) is -0.763. The Morgan fingerprint density at radius 2 is 1.67 bits per heavy atom. The Morgan fingerprint density at radius 1 is 1.00 bits per heavy atom. The van der Waals surface area contributed by atoms with E-state index in [0.717, 1.165) is 16.3 Å². The lowest BCUT2D eigenvalue weighted by Crippen LogP contribution is -2.51. The summed E-state index contributed by atoms with van der Waals surface area (Å²) in [6.45, 7) is 5.52. The first-order valence-electron chi connectivity index (χ1n) is 10.9. The molecule has 1 heterocycles. The molecule has 1 N–H and O–H groups in total. The highest BCUT2D eigenvalue weighted by molar-refractivity contribution is 6.30. The van der Waals surface area contributed by atoms with E-state index in [1.807, 2.05) is 56.3 Å². The maximum absolute atomic E-state index is 13.5. The normalized spacial score (nSPS) is 13.5. The van der Waals surface area contributed by atoms with Crippen molar-refractivity contribution in [3.05, 3.63) is 76.8 Å². The molecule has 0 bridgehead atoms. The van der Waals surface area contributed by atoms with Crippen LogP contribution >= 0.6 is 11.6 Å². The molecular weight excluding hydrogens is 438 g/mol. The summed E-state index contributed by atoms with van der Waals surface area (Å²) >= 11 is 6.00. The van der Waals surface area contributed by atoms with Crippen molar-refractivity contribution in [3.63, 3.8) is 0 Å². The smallest absolute Gasteiger partial charge is 0.259 e. The summed E-state index contributed by atoms with van der Waals surface area (Å²) in [6.07, 6.45) is 0. The number of benzene rings is 3. The van der Waals surface area contributed by atoms with Gasteiger partial charge < -0.3 is 10.2 Å². The minimum Gasteiger partial charge on any atom is -0.352 e. The van der Waals surface area contributed by atoms with Crippen LogP contribution in [0.25, 0.3) is 10.8 Å². The van der Waals surface area contributed by atoms with Crippen LogP contribution in [0.15, 0.2) is 60.7 Å². The van der Waals surface area contributed by atoms with Gasteiger partial charge in [0.2, 0.25) is 11.8 Å². The second-order valence-corrected chi connectivity index (χ2v) is 9.00. The van der Waals surface area contributed by atoms with Crippen molar-refractivity contribution in [2.75, 3.05) is 11.4 Å². The van der Waals surface area contributed by atoms with E-state index in [4.69, 9.17) is 11.6 Å². The Bertz CT molecular complexity index is 1220. The SMILES string of the molecule is CC(C)NC(=O)[C@@H](C)N(Cc1ccc(Cl)cc1)C(=O)CN1C(=O)c2cccc3cccc1c23. The Morgan fingerprint density at radius 3 is 2.33 bits per heavy atom. The fourth-order valence-electron chi connectivity index (χ4n) is 4.14. The highest BCUT2D eigenvalue weighted by Gasteiger charge is 2.34. The predicted molar refractivity (Wildman–Crippen MR) is 130 cm³/mol. The molecule has 170 valence electrons. The second-order valence-electron chi connectivity index (χ2n) is 8.56. The summed E-state index contributed by atoms with van der Waals surface area (Å²) in [5.41, 5.74) is 2.15. The summed E-state index contributed by atoms with van der Waals surface area (Å²) in [6, 6.07) is 17.6. The van der Waals surface area contributed by atoms with Gasteiger partial charge in [0.15, 0.2) is 0 Å². The zero-order valence-corrected chi connectivity index (χ0v) is 19.6. The molecule has 1 atom stereocenters. The van der Waals surface area contributed by atoms with Gasteiger partial charge in [-0.3, -0.25) is 19.3 Å². The highest BCUT2D eigenvalue weighted by atomic mass is 35.5. The molecule has 0 unspecified atom stereocenters. The summed E-state index contributed by atoms with van der Waals surface area (Å²) < 4.78 is 0. The Labute approximate surface area is 198 Å². The minimum atomic E-state index is -0.716. The van der Waals surface area contributed by atoms with Crippen LogP contribution in [0.2, 0.25) is 5.02 Å². The third-order valence-electron chi connectivity index (χ3n) is 5.81. The molecule has 3 amide bonds. The molecule has 0 saturated heterocycles. The molecule has 33 heavy (non-hydrogen) atoms. The van der Waals surface area contributed by atoms with Gasteiger partial charge in [0.05, 0.1) is 5.69 Å². The molecule has 0 aliphatic carbocycles. The molecule has 0 saturated carbocycles. The first-order valence-corrected chi connectivity index (χ1v) is 11.3. The van der Waals surface area contributed by atoms with Crippen LogP contribution in [0.5, 0.6) is 0 Å². The molecule has 1 aliphatic rings. The third kappa shape index (κ3) is 4.57. The van der Waals surface area contributed by atoms with Gasteiger partial charge in [0.25, 0.3) is 5.91 Å². The van der Waals surface area contributed by atoms with E-state index >= 15 is 0 Å². The molecule has 0 aromatic heterocycles. The maximum Gasteiger partial charge on any atom is 0.259 e. The average molecular weight is 464 g/mol. The van der Waals surface area contributed by atoms with E-state index in [0.29, 0.717) is 16.3 Å². The molecule has 4 rings (SSSR count). The van der Waals surface area contributed by atoms with E-state index in [2.05, 4.69) is 5.32 Å². The van der Waals surface area contributed by atoms with E-state index in [-0.39, 0.29) is 36.9 Å². The van der Waals surface area contributed by atoms with Gasteiger partial charge in [-0.25, -0.2) is 0 Å². The van der Waals surface area contributed by atoms with E-state index in [9.17, 15) is 14.4 Å². The fraction of sp³-hybridized carbons (Fsp3) is 0.269. The van der Waals surface area contributed by atoms with Crippen LogP contribution in [0.4, 0.5) is 5.69 Å². The monoisotopic (exact) mass is 463 g/mol. The molecule has 6 nitrogen and oxygen atoms in total. The van der Waals surface area contributed by atoms with Gasteiger partial charge >= 0.3 is 0 Å². The standard InChI is InChI=1S/C26H26ClN3O3/c1-16(2)28-25(32)17(3)29(14-18-10-12-20(27)13-11-18)23(31)15-30-22-9-5-7-19-6-4-8-21(24(19)22)26(30)33/h4-13,16-17H,14-15H2,1-3H3,(H,28,32)/t17-/m1/s1. The Balaban J connectivity index is 1.62. The Kier molecular flexibility index (Phi) is 6.38. The van der Waals surface area contributed by atoms with Crippen molar-refractivity contribution in [2.24, 2.45) is 0 Å². The van der Waals surface area contributed by atoms with E-state index < -0.39 is 6.04 Å². The largest absolute Gasteiger partial charge is 0.352 e. The number of halogens is 1. The molecule has 0 spiro atoms. The number of anilines is 1. The molecule has 0 radical (unpaired) electrons. The number of nitrogens with zero attached hydrogens (tertiary/aromatic N) is 2. The van der Waals surface area contributed by atoms with E-state index in [1.54, 1.807) is 25.1 Å². The van der Waals surface area contributed by atoms with E-state index in [1.165, 1.54) is 9.80 Å². The lowest BCUT2D eigenvalue weighted by molar-refractivity contribution is -0.139. The summed E-state index contributed by atoms with van der Waals surface area (Å²) in [7, 11) is 0. The Hall–Kier alpha value is -3.38. The number of hydrogen-bond donors (Lipinski definition) is 1. The first-order chi connectivity index (χ1) is 15.8. The van der Waals surface area contributed by atoms with Crippen molar-refractivity contribution < 1.29 is 14.4 Å². The summed E-state index contributed by atoms with van der Waals surface area (Å²) in [5, 5.41) is 5.27.